The number of hydrogen-bond donors (Lipinski definition) is 0. The highest BCUT2D eigenvalue weighted by Crippen LogP contribution is 2.41. The van der Waals surface area contributed by atoms with Gasteiger partial charge in [0.05, 0.1) is 40.6 Å². The number of methoxy groups -OCH3 is 4. The standard InChI is InChI=1S/C33H40O6.C2H6/c1-9-23(4)39-33-30(36-7)20-27(21-31(33)37-8)17-15-25-12-10-24(11-13-25)14-16-26-18-28(34-5)32(38-22(2)3)29(19-26)35-6;1-2/h10-23H,9H2,1-8H3;1-2H3/b16-14+,17-15+;. The summed E-state index contributed by atoms with van der Waals surface area (Å²) in [6, 6.07) is 16.1. The second-order valence-corrected chi connectivity index (χ2v) is 9.35. The average molecular weight is 563 g/mol. The smallest absolute Gasteiger partial charge is 0.203 e. The summed E-state index contributed by atoms with van der Waals surface area (Å²) in [5.41, 5.74) is 4.05. The molecule has 0 amide bonds. The minimum Gasteiger partial charge on any atom is -0.493 e. The predicted octanol–water partition coefficient (Wildman–Crippen LogP) is 9.05. The molecule has 41 heavy (non-hydrogen) atoms. The first-order valence-electron chi connectivity index (χ1n) is 14.1. The molecule has 0 spiro atoms. The normalized spacial score (nSPS) is 11.7. The number of rotatable bonds is 13. The summed E-state index contributed by atoms with van der Waals surface area (Å²) in [6.07, 6.45) is 9.12. The highest BCUT2D eigenvalue weighted by atomic mass is 16.5. The van der Waals surface area contributed by atoms with E-state index >= 15 is 0 Å². The van der Waals surface area contributed by atoms with Crippen LogP contribution in [0.15, 0.2) is 48.5 Å². The Labute approximate surface area is 246 Å². The van der Waals surface area contributed by atoms with Crippen LogP contribution in [0.1, 0.15) is 70.2 Å². The summed E-state index contributed by atoms with van der Waals surface area (Å²) in [5.74, 6) is 3.79. The molecule has 6 heteroatoms. The van der Waals surface area contributed by atoms with Crippen molar-refractivity contribution in [2.24, 2.45) is 0 Å². The zero-order valence-electron chi connectivity index (χ0n) is 26.2. The van der Waals surface area contributed by atoms with Gasteiger partial charge in [0.25, 0.3) is 0 Å². The van der Waals surface area contributed by atoms with Crippen molar-refractivity contribution in [3.63, 3.8) is 0 Å². The minimum absolute atomic E-state index is 0.00815. The highest BCUT2D eigenvalue weighted by Gasteiger charge is 2.16. The van der Waals surface area contributed by atoms with Crippen LogP contribution >= 0.6 is 0 Å². The SMILES string of the molecule is CC.CCC(C)Oc1c(OC)cc(/C=C/c2ccc(/C=C/c3cc(OC)c(OC(C)C)c(OC)c3)cc2)cc1OC. The van der Waals surface area contributed by atoms with E-state index in [2.05, 4.69) is 43.3 Å². The fourth-order valence-electron chi connectivity index (χ4n) is 3.85. The Bertz CT molecular complexity index is 1220. The predicted molar refractivity (Wildman–Crippen MR) is 171 cm³/mol. The average Bonchev–Trinajstić information content (AvgIpc) is 3.00. The van der Waals surface area contributed by atoms with E-state index in [0.29, 0.717) is 34.5 Å². The van der Waals surface area contributed by atoms with Gasteiger partial charge in [0, 0.05) is 0 Å². The van der Waals surface area contributed by atoms with Gasteiger partial charge in [-0.05, 0) is 73.7 Å². The quantitative estimate of drug-likeness (QED) is 0.194. The van der Waals surface area contributed by atoms with Crippen LogP contribution in [0.4, 0.5) is 0 Å². The molecule has 3 aromatic carbocycles. The van der Waals surface area contributed by atoms with Crippen LogP contribution < -0.4 is 28.4 Å². The molecular weight excluding hydrogens is 516 g/mol. The molecule has 0 bridgehead atoms. The lowest BCUT2D eigenvalue weighted by atomic mass is 10.1. The molecule has 0 aromatic heterocycles. The van der Waals surface area contributed by atoms with E-state index in [1.165, 1.54) is 0 Å². The van der Waals surface area contributed by atoms with Gasteiger partial charge in [-0.15, -0.1) is 0 Å². The first-order valence-corrected chi connectivity index (χ1v) is 14.1. The van der Waals surface area contributed by atoms with E-state index in [-0.39, 0.29) is 12.2 Å². The molecule has 3 aromatic rings. The molecule has 6 nitrogen and oxygen atoms in total. The van der Waals surface area contributed by atoms with Gasteiger partial charge >= 0.3 is 0 Å². The topological polar surface area (TPSA) is 55.4 Å². The summed E-state index contributed by atoms with van der Waals surface area (Å²) >= 11 is 0. The number of ether oxygens (including phenoxy) is 6. The third-order valence-electron chi connectivity index (χ3n) is 6.09. The van der Waals surface area contributed by atoms with Gasteiger partial charge in [-0.2, -0.15) is 0 Å². The van der Waals surface area contributed by atoms with Crippen LogP contribution in [0.2, 0.25) is 0 Å². The summed E-state index contributed by atoms with van der Waals surface area (Å²) in [4.78, 5) is 0. The number of hydrogen-bond acceptors (Lipinski definition) is 6. The Kier molecular flexibility index (Phi) is 13.7. The molecule has 0 radical (unpaired) electrons. The van der Waals surface area contributed by atoms with Gasteiger partial charge < -0.3 is 28.4 Å². The Morgan fingerprint density at radius 1 is 0.537 bits per heavy atom. The lowest BCUT2D eigenvalue weighted by molar-refractivity contribution is 0.198. The molecule has 0 aliphatic carbocycles. The van der Waals surface area contributed by atoms with E-state index in [0.717, 1.165) is 28.7 Å². The van der Waals surface area contributed by atoms with Crippen LogP contribution in [-0.2, 0) is 0 Å². The molecule has 0 N–H and O–H groups in total. The maximum absolute atomic E-state index is 6.04. The van der Waals surface area contributed by atoms with Gasteiger partial charge in [0.15, 0.2) is 23.0 Å². The van der Waals surface area contributed by atoms with E-state index in [1.807, 2.05) is 71.0 Å². The van der Waals surface area contributed by atoms with Gasteiger partial charge in [0.2, 0.25) is 11.5 Å². The summed E-state index contributed by atoms with van der Waals surface area (Å²) in [6.45, 7) is 12.0. The third-order valence-corrected chi connectivity index (χ3v) is 6.09. The van der Waals surface area contributed by atoms with Crippen molar-refractivity contribution in [3.05, 3.63) is 70.8 Å². The van der Waals surface area contributed by atoms with Crippen molar-refractivity contribution in [2.45, 2.75) is 60.2 Å². The van der Waals surface area contributed by atoms with Gasteiger partial charge in [-0.1, -0.05) is 69.3 Å². The monoisotopic (exact) mass is 562 g/mol. The molecule has 1 atom stereocenters. The summed E-state index contributed by atoms with van der Waals surface area (Å²) < 4.78 is 34.2. The maximum atomic E-state index is 6.04. The molecule has 0 aliphatic heterocycles. The zero-order valence-corrected chi connectivity index (χ0v) is 26.2. The molecule has 1 unspecified atom stereocenters. The summed E-state index contributed by atoms with van der Waals surface area (Å²) in [7, 11) is 6.53. The molecule has 0 heterocycles. The van der Waals surface area contributed by atoms with Gasteiger partial charge in [-0.25, -0.2) is 0 Å². The van der Waals surface area contributed by atoms with E-state index in [9.17, 15) is 0 Å². The lowest BCUT2D eigenvalue weighted by Crippen LogP contribution is -2.11. The summed E-state index contributed by atoms with van der Waals surface area (Å²) in [5, 5.41) is 0. The van der Waals surface area contributed by atoms with E-state index in [1.54, 1.807) is 28.4 Å². The lowest BCUT2D eigenvalue weighted by Gasteiger charge is -2.18. The third kappa shape index (κ3) is 9.52. The fraction of sp³-hybridized carbons (Fsp3) is 0.371. The van der Waals surface area contributed by atoms with Gasteiger partial charge in [-0.3, -0.25) is 0 Å². The fourth-order valence-corrected chi connectivity index (χ4v) is 3.85. The van der Waals surface area contributed by atoms with Crippen molar-refractivity contribution in [2.75, 3.05) is 28.4 Å². The van der Waals surface area contributed by atoms with Crippen molar-refractivity contribution in [1.82, 2.24) is 0 Å². The highest BCUT2D eigenvalue weighted by molar-refractivity contribution is 5.75. The second-order valence-electron chi connectivity index (χ2n) is 9.35. The minimum atomic E-state index is 0.00815. The largest absolute Gasteiger partial charge is 0.493 e. The first-order chi connectivity index (χ1) is 19.8. The van der Waals surface area contributed by atoms with Crippen LogP contribution in [-0.4, -0.2) is 40.6 Å². The first kappa shape index (κ1) is 33.1. The Morgan fingerprint density at radius 3 is 1.15 bits per heavy atom. The van der Waals surface area contributed by atoms with Crippen molar-refractivity contribution in [1.29, 1.82) is 0 Å². The van der Waals surface area contributed by atoms with E-state index < -0.39 is 0 Å². The zero-order chi connectivity index (χ0) is 30.4. The molecule has 0 fully saturated rings. The van der Waals surface area contributed by atoms with Crippen LogP contribution in [0.5, 0.6) is 34.5 Å². The Hall–Kier alpha value is -4.06. The van der Waals surface area contributed by atoms with Crippen LogP contribution in [0, 0.1) is 0 Å². The van der Waals surface area contributed by atoms with Gasteiger partial charge in [0.1, 0.15) is 0 Å². The number of benzene rings is 3. The van der Waals surface area contributed by atoms with Crippen molar-refractivity contribution >= 4 is 24.3 Å². The molecule has 0 aliphatic rings. The van der Waals surface area contributed by atoms with Crippen molar-refractivity contribution in [3.8, 4) is 34.5 Å². The van der Waals surface area contributed by atoms with E-state index in [4.69, 9.17) is 28.4 Å². The maximum Gasteiger partial charge on any atom is 0.203 e. The van der Waals surface area contributed by atoms with Crippen LogP contribution in [0.3, 0.4) is 0 Å². The Morgan fingerprint density at radius 2 is 0.854 bits per heavy atom. The molecule has 222 valence electrons. The van der Waals surface area contributed by atoms with Crippen molar-refractivity contribution < 1.29 is 28.4 Å². The second kappa shape index (κ2) is 16.9. The molecule has 0 saturated carbocycles. The molecule has 3 rings (SSSR count). The molecular formula is C35H46O6. The molecule has 0 saturated heterocycles. The van der Waals surface area contributed by atoms with Crippen LogP contribution in [0.25, 0.3) is 24.3 Å². The Balaban J connectivity index is 0.00000287.